The Bertz CT molecular complexity index is 1270. The quantitative estimate of drug-likeness (QED) is 0.550. The second kappa shape index (κ2) is 7.92. The number of rotatable bonds is 3. The topological polar surface area (TPSA) is 53.6 Å². The largest absolute Gasteiger partial charge is 0.487 e. The first kappa shape index (κ1) is 21.0. The van der Waals surface area contributed by atoms with Crippen molar-refractivity contribution in [3.8, 4) is 5.75 Å². The first-order chi connectivity index (χ1) is 15.8. The number of hydrogen-bond acceptors (Lipinski definition) is 3. The van der Waals surface area contributed by atoms with Crippen LogP contribution in [0, 0.1) is 11.6 Å². The van der Waals surface area contributed by atoms with Gasteiger partial charge in [-0.3, -0.25) is 5.43 Å². The molecule has 2 heterocycles. The zero-order valence-corrected chi connectivity index (χ0v) is 18.3. The lowest BCUT2D eigenvalue weighted by Crippen LogP contribution is -2.40. The van der Waals surface area contributed by atoms with Crippen LogP contribution in [0.25, 0.3) is 11.3 Å². The van der Waals surface area contributed by atoms with E-state index in [1.807, 2.05) is 26.0 Å². The number of hydrogen-bond donors (Lipinski definition) is 2. The number of amides is 2. The minimum atomic E-state index is -0.414. The Balaban J connectivity index is 1.40. The van der Waals surface area contributed by atoms with Crippen molar-refractivity contribution < 1.29 is 18.3 Å². The molecule has 0 unspecified atom stereocenters. The molecule has 2 aliphatic heterocycles. The third-order valence-electron chi connectivity index (χ3n) is 5.76. The van der Waals surface area contributed by atoms with Crippen molar-refractivity contribution in [2.75, 3.05) is 11.9 Å². The molecule has 2 amide bonds. The Morgan fingerprint density at radius 3 is 2.58 bits per heavy atom. The molecule has 0 bridgehead atoms. The number of anilines is 1. The summed E-state index contributed by atoms with van der Waals surface area (Å²) in [5.41, 5.74) is 6.65. The molecule has 0 spiro atoms. The van der Waals surface area contributed by atoms with Crippen LogP contribution in [-0.2, 0) is 6.42 Å². The molecular formula is C26H23F2N3O2. The highest BCUT2D eigenvalue weighted by molar-refractivity contribution is 5.98. The predicted molar refractivity (Wildman–Crippen MR) is 123 cm³/mol. The van der Waals surface area contributed by atoms with Gasteiger partial charge in [-0.1, -0.05) is 24.3 Å². The normalized spacial score (nSPS) is 16.3. The fourth-order valence-electron chi connectivity index (χ4n) is 4.25. The highest BCUT2D eigenvalue weighted by atomic mass is 19.1. The van der Waals surface area contributed by atoms with Crippen molar-refractivity contribution in [1.82, 2.24) is 10.4 Å². The first-order valence-corrected chi connectivity index (χ1v) is 10.7. The smallest absolute Gasteiger partial charge is 0.340 e. The Hall–Kier alpha value is -3.87. The van der Waals surface area contributed by atoms with Crippen LogP contribution in [-0.4, -0.2) is 23.2 Å². The van der Waals surface area contributed by atoms with E-state index in [0.717, 1.165) is 17.7 Å². The van der Waals surface area contributed by atoms with E-state index >= 15 is 0 Å². The lowest BCUT2D eigenvalue weighted by Gasteiger charge is -2.19. The molecule has 3 aromatic carbocycles. The maximum absolute atomic E-state index is 14.6. The molecule has 3 aromatic rings. The molecule has 0 fully saturated rings. The van der Waals surface area contributed by atoms with E-state index in [2.05, 4.69) is 10.7 Å². The molecule has 0 atom stereocenters. The van der Waals surface area contributed by atoms with Gasteiger partial charge in [0.1, 0.15) is 23.0 Å². The maximum atomic E-state index is 14.6. The average molecular weight is 447 g/mol. The molecule has 7 heteroatoms. The summed E-state index contributed by atoms with van der Waals surface area (Å²) in [6.07, 6.45) is 0.752. The van der Waals surface area contributed by atoms with E-state index in [1.165, 1.54) is 23.2 Å². The Labute approximate surface area is 190 Å². The van der Waals surface area contributed by atoms with Crippen LogP contribution < -0.4 is 15.5 Å². The van der Waals surface area contributed by atoms with Gasteiger partial charge in [0.15, 0.2) is 0 Å². The lowest BCUT2D eigenvalue weighted by molar-refractivity contribution is 0.138. The first-order valence-electron chi connectivity index (χ1n) is 10.7. The molecule has 168 valence electrons. The molecule has 2 aliphatic rings. The zero-order chi connectivity index (χ0) is 23.2. The second-order valence-electron chi connectivity index (χ2n) is 8.83. The number of fused-ring (bicyclic) bond motifs is 1. The molecule has 0 aromatic heterocycles. The lowest BCUT2D eigenvalue weighted by atomic mass is 10.0. The van der Waals surface area contributed by atoms with Crippen LogP contribution in [0.15, 0.2) is 66.7 Å². The number of carbonyl (C=O) groups excluding carboxylic acids is 1. The minimum Gasteiger partial charge on any atom is -0.487 e. The fraction of sp³-hybridized carbons (Fsp3) is 0.192. The summed E-state index contributed by atoms with van der Waals surface area (Å²) in [5.74, 6) is 0.0404. The van der Waals surface area contributed by atoms with Crippen LogP contribution in [0.3, 0.4) is 0 Å². The van der Waals surface area contributed by atoms with Crippen LogP contribution in [0.4, 0.5) is 19.3 Å². The molecule has 33 heavy (non-hydrogen) atoms. The number of carbonyl (C=O) groups is 1. The molecule has 0 aliphatic carbocycles. The van der Waals surface area contributed by atoms with Crippen LogP contribution in [0.2, 0.25) is 0 Å². The Morgan fingerprint density at radius 2 is 1.82 bits per heavy atom. The van der Waals surface area contributed by atoms with Gasteiger partial charge in [0.25, 0.3) is 0 Å². The number of benzene rings is 3. The van der Waals surface area contributed by atoms with Crippen molar-refractivity contribution in [1.29, 1.82) is 0 Å². The number of urea groups is 1. The van der Waals surface area contributed by atoms with E-state index in [0.29, 0.717) is 28.1 Å². The SMILES string of the molecule is CC1(C)Cc2cc(NC(=O)N3CC(c4ccc(F)cc4)=C(c4ccccc4F)N3)ccc2O1. The van der Waals surface area contributed by atoms with E-state index in [9.17, 15) is 13.6 Å². The van der Waals surface area contributed by atoms with Crippen LogP contribution >= 0.6 is 0 Å². The molecule has 0 saturated carbocycles. The number of nitrogens with zero attached hydrogens (tertiary/aromatic N) is 1. The van der Waals surface area contributed by atoms with Gasteiger partial charge in [0, 0.05) is 28.8 Å². The summed E-state index contributed by atoms with van der Waals surface area (Å²) < 4.78 is 34.0. The summed E-state index contributed by atoms with van der Waals surface area (Å²) in [6.45, 7) is 4.22. The number of halogens is 2. The highest BCUT2D eigenvalue weighted by Gasteiger charge is 2.31. The van der Waals surface area contributed by atoms with Gasteiger partial charge in [0.2, 0.25) is 0 Å². The molecule has 0 saturated heterocycles. The highest BCUT2D eigenvalue weighted by Crippen LogP contribution is 2.37. The van der Waals surface area contributed by atoms with E-state index in [4.69, 9.17) is 4.74 Å². The van der Waals surface area contributed by atoms with E-state index in [1.54, 1.807) is 36.4 Å². The second-order valence-corrected chi connectivity index (χ2v) is 8.83. The minimum absolute atomic E-state index is 0.183. The van der Waals surface area contributed by atoms with Crippen molar-refractivity contribution >= 4 is 23.0 Å². The summed E-state index contributed by atoms with van der Waals surface area (Å²) in [4.78, 5) is 13.1. The monoisotopic (exact) mass is 447 g/mol. The van der Waals surface area contributed by atoms with Crippen molar-refractivity contribution in [2.45, 2.75) is 25.9 Å². The van der Waals surface area contributed by atoms with Gasteiger partial charge >= 0.3 is 6.03 Å². The summed E-state index contributed by atoms with van der Waals surface area (Å²) in [5, 5.41) is 4.28. The van der Waals surface area contributed by atoms with Gasteiger partial charge in [-0.05, 0) is 61.9 Å². The molecule has 5 rings (SSSR count). The van der Waals surface area contributed by atoms with E-state index < -0.39 is 5.82 Å². The average Bonchev–Trinajstić information content (AvgIpc) is 3.34. The Kier molecular flexibility index (Phi) is 5.04. The molecule has 2 N–H and O–H groups in total. The van der Waals surface area contributed by atoms with Gasteiger partial charge < -0.3 is 10.1 Å². The fourth-order valence-corrected chi connectivity index (χ4v) is 4.25. The number of ether oxygens (including phenoxy) is 1. The third kappa shape index (κ3) is 4.14. The molecular weight excluding hydrogens is 424 g/mol. The number of hydrazine groups is 1. The van der Waals surface area contributed by atoms with Crippen molar-refractivity contribution in [2.24, 2.45) is 0 Å². The van der Waals surface area contributed by atoms with Gasteiger partial charge in [-0.2, -0.15) is 0 Å². The predicted octanol–water partition coefficient (Wildman–Crippen LogP) is 5.60. The third-order valence-corrected chi connectivity index (χ3v) is 5.76. The van der Waals surface area contributed by atoms with Crippen LogP contribution in [0.1, 0.15) is 30.5 Å². The summed E-state index contributed by atoms with van der Waals surface area (Å²) in [7, 11) is 0. The zero-order valence-electron chi connectivity index (χ0n) is 18.3. The van der Waals surface area contributed by atoms with Crippen LogP contribution in [0.5, 0.6) is 5.75 Å². The summed E-state index contributed by atoms with van der Waals surface area (Å²) in [6, 6.07) is 17.4. The Morgan fingerprint density at radius 1 is 1.06 bits per heavy atom. The number of nitrogens with one attached hydrogen (secondary N) is 2. The molecule has 0 radical (unpaired) electrons. The maximum Gasteiger partial charge on any atom is 0.340 e. The standard InChI is InChI=1S/C26H23F2N3O2/c1-26(2)14-17-13-19(11-12-23(17)33-26)29-25(32)31-15-21(16-7-9-18(27)10-8-16)24(30-31)20-5-3-4-6-22(20)28/h3-13,30H,14-15H2,1-2H3,(H,29,32). The van der Waals surface area contributed by atoms with Crippen molar-refractivity contribution in [3.63, 3.8) is 0 Å². The van der Waals surface area contributed by atoms with Gasteiger partial charge in [-0.15, -0.1) is 0 Å². The van der Waals surface area contributed by atoms with E-state index in [-0.39, 0.29) is 24.0 Å². The van der Waals surface area contributed by atoms with Gasteiger partial charge in [-0.25, -0.2) is 18.6 Å². The van der Waals surface area contributed by atoms with Crippen molar-refractivity contribution in [3.05, 3.63) is 95.1 Å². The molecule has 5 nitrogen and oxygen atoms in total. The summed E-state index contributed by atoms with van der Waals surface area (Å²) >= 11 is 0. The van der Waals surface area contributed by atoms with Gasteiger partial charge in [0.05, 0.1) is 12.2 Å².